The Morgan fingerprint density at radius 2 is 1.96 bits per heavy atom. The third-order valence-electron chi connectivity index (χ3n) is 4.67. The van der Waals surface area contributed by atoms with Crippen LogP contribution in [0.1, 0.15) is 30.4 Å². The van der Waals surface area contributed by atoms with Crippen molar-refractivity contribution in [2.45, 2.75) is 25.7 Å². The Balaban J connectivity index is 1.87. The quantitative estimate of drug-likeness (QED) is 0.858. The lowest BCUT2D eigenvalue weighted by molar-refractivity contribution is -0.118. The van der Waals surface area contributed by atoms with Crippen molar-refractivity contribution in [1.29, 1.82) is 0 Å². The van der Waals surface area contributed by atoms with E-state index in [9.17, 15) is 4.79 Å². The van der Waals surface area contributed by atoms with Crippen LogP contribution in [-0.4, -0.2) is 26.7 Å². The average Bonchev–Trinajstić information content (AvgIpc) is 2.62. The first-order valence-electron chi connectivity index (χ1n) is 8.24. The smallest absolute Gasteiger partial charge is 0.231 e. The van der Waals surface area contributed by atoms with E-state index in [0.717, 1.165) is 30.0 Å². The maximum Gasteiger partial charge on any atom is 0.231 e. The molecule has 1 heterocycles. The van der Waals surface area contributed by atoms with E-state index in [-0.39, 0.29) is 5.91 Å². The third kappa shape index (κ3) is 3.09. The molecule has 1 atom stereocenters. The van der Waals surface area contributed by atoms with E-state index in [1.807, 2.05) is 41.3 Å². The van der Waals surface area contributed by atoms with Crippen molar-refractivity contribution in [3.63, 3.8) is 0 Å². The van der Waals surface area contributed by atoms with Gasteiger partial charge < -0.3 is 14.4 Å². The summed E-state index contributed by atoms with van der Waals surface area (Å²) in [6.07, 6.45) is 1.28. The number of methoxy groups -OCH3 is 2. The molecule has 0 aliphatic carbocycles. The van der Waals surface area contributed by atoms with Gasteiger partial charge in [-0.15, -0.1) is 0 Å². The van der Waals surface area contributed by atoms with Gasteiger partial charge in [0.2, 0.25) is 5.91 Å². The zero-order chi connectivity index (χ0) is 17.1. The van der Waals surface area contributed by atoms with Crippen molar-refractivity contribution in [3.05, 3.63) is 53.6 Å². The SMILES string of the molecule is COc1ccc(OC)c(CC(=O)N2CCC(C)c3ccccc32)c1. The molecule has 3 rings (SSSR count). The highest BCUT2D eigenvalue weighted by Crippen LogP contribution is 2.35. The molecule has 0 spiro atoms. The van der Waals surface area contributed by atoms with Crippen molar-refractivity contribution in [2.24, 2.45) is 0 Å². The van der Waals surface area contributed by atoms with Gasteiger partial charge in [0.25, 0.3) is 0 Å². The van der Waals surface area contributed by atoms with Crippen LogP contribution in [-0.2, 0) is 11.2 Å². The second-order valence-corrected chi connectivity index (χ2v) is 6.15. The fourth-order valence-corrected chi connectivity index (χ4v) is 3.29. The number of ether oxygens (including phenoxy) is 2. The second-order valence-electron chi connectivity index (χ2n) is 6.15. The zero-order valence-corrected chi connectivity index (χ0v) is 14.4. The highest BCUT2D eigenvalue weighted by atomic mass is 16.5. The molecule has 126 valence electrons. The standard InChI is InChI=1S/C20H23NO3/c1-14-10-11-21(18-7-5-4-6-17(14)18)20(22)13-15-12-16(23-2)8-9-19(15)24-3/h4-9,12,14H,10-11,13H2,1-3H3. The number of hydrogen-bond acceptors (Lipinski definition) is 3. The Hall–Kier alpha value is -2.49. The molecule has 0 bridgehead atoms. The van der Waals surface area contributed by atoms with Crippen LogP contribution < -0.4 is 14.4 Å². The molecule has 1 aliphatic rings. The molecule has 2 aromatic carbocycles. The number of anilines is 1. The zero-order valence-electron chi connectivity index (χ0n) is 14.4. The van der Waals surface area contributed by atoms with Gasteiger partial charge in [0.1, 0.15) is 11.5 Å². The summed E-state index contributed by atoms with van der Waals surface area (Å²) >= 11 is 0. The molecule has 4 heteroatoms. The number of nitrogens with zero attached hydrogens (tertiary/aromatic N) is 1. The van der Waals surface area contributed by atoms with Crippen LogP contribution in [0.3, 0.4) is 0 Å². The summed E-state index contributed by atoms with van der Waals surface area (Å²) < 4.78 is 10.7. The van der Waals surface area contributed by atoms with Crippen molar-refractivity contribution in [1.82, 2.24) is 0 Å². The number of carbonyl (C=O) groups is 1. The lowest BCUT2D eigenvalue weighted by Gasteiger charge is -2.33. The van der Waals surface area contributed by atoms with Crippen LogP contribution in [0.5, 0.6) is 11.5 Å². The van der Waals surface area contributed by atoms with Crippen LogP contribution in [0.15, 0.2) is 42.5 Å². The Morgan fingerprint density at radius 3 is 2.71 bits per heavy atom. The summed E-state index contributed by atoms with van der Waals surface area (Å²) in [6.45, 7) is 2.97. The molecule has 0 fully saturated rings. The van der Waals surface area contributed by atoms with Gasteiger partial charge in [-0.1, -0.05) is 25.1 Å². The van der Waals surface area contributed by atoms with Crippen molar-refractivity contribution < 1.29 is 14.3 Å². The number of hydrogen-bond donors (Lipinski definition) is 0. The van der Waals surface area contributed by atoms with Crippen molar-refractivity contribution >= 4 is 11.6 Å². The van der Waals surface area contributed by atoms with E-state index in [1.54, 1.807) is 14.2 Å². The summed E-state index contributed by atoms with van der Waals surface area (Å²) in [5, 5.41) is 0. The molecule has 2 aromatic rings. The highest BCUT2D eigenvalue weighted by Gasteiger charge is 2.26. The topological polar surface area (TPSA) is 38.8 Å². The monoisotopic (exact) mass is 325 g/mol. The van der Waals surface area contributed by atoms with Crippen LogP contribution in [0.2, 0.25) is 0 Å². The Kier molecular flexibility index (Phi) is 4.74. The maximum absolute atomic E-state index is 12.9. The molecule has 4 nitrogen and oxygen atoms in total. The Morgan fingerprint density at radius 1 is 1.17 bits per heavy atom. The number of carbonyl (C=O) groups excluding carboxylic acids is 1. The first-order valence-corrected chi connectivity index (χ1v) is 8.24. The van der Waals surface area contributed by atoms with E-state index in [0.29, 0.717) is 18.1 Å². The van der Waals surface area contributed by atoms with E-state index < -0.39 is 0 Å². The molecule has 1 unspecified atom stereocenters. The van der Waals surface area contributed by atoms with E-state index in [4.69, 9.17) is 9.47 Å². The van der Waals surface area contributed by atoms with Gasteiger partial charge in [0, 0.05) is 17.8 Å². The fourth-order valence-electron chi connectivity index (χ4n) is 3.29. The van der Waals surface area contributed by atoms with E-state index in [2.05, 4.69) is 13.0 Å². The summed E-state index contributed by atoms with van der Waals surface area (Å²) in [5.41, 5.74) is 3.12. The Bertz CT molecular complexity index is 741. The van der Waals surface area contributed by atoms with Crippen LogP contribution in [0, 0.1) is 0 Å². The molecular formula is C20H23NO3. The Labute approximate surface area is 143 Å². The number of rotatable bonds is 4. The van der Waals surface area contributed by atoms with Gasteiger partial charge >= 0.3 is 0 Å². The molecule has 0 aromatic heterocycles. The maximum atomic E-state index is 12.9. The predicted molar refractivity (Wildman–Crippen MR) is 95.1 cm³/mol. The van der Waals surface area contributed by atoms with Gasteiger partial charge in [-0.05, 0) is 42.2 Å². The average molecular weight is 325 g/mol. The highest BCUT2D eigenvalue weighted by molar-refractivity contribution is 5.96. The first-order chi connectivity index (χ1) is 11.6. The lowest BCUT2D eigenvalue weighted by Crippen LogP contribution is -2.37. The van der Waals surface area contributed by atoms with E-state index in [1.165, 1.54) is 5.56 Å². The van der Waals surface area contributed by atoms with Crippen LogP contribution in [0.4, 0.5) is 5.69 Å². The summed E-state index contributed by atoms with van der Waals surface area (Å²) in [7, 11) is 3.24. The predicted octanol–water partition coefficient (Wildman–Crippen LogP) is 3.79. The number of amides is 1. The normalized spacial score (nSPS) is 16.5. The fraction of sp³-hybridized carbons (Fsp3) is 0.350. The van der Waals surface area contributed by atoms with Crippen LogP contribution >= 0.6 is 0 Å². The molecule has 0 N–H and O–H groups in total. The van der Waals surface area contributed by atoms with Crippen molar-refractivity contribution in [2.75, 3.05) is 25.7 Å². The summed E-state index contributed by atoms with van der Waals surface area (Å²) in [6, 6.07) is 13.7. The minimum absolute atomic E-state index is 0.0842. The summed E-state index contributed by atoms with van der Waals surface area (Å²) in [5.74, 6) is 2.01. The molecule has 24 heavy (non-hydrogen) atoms. The first kappa shape index (κ1) is 16.4. The minimum atomic E-state index is 0.0842. The van der Waals surface area contributed by atoms with Gasteiger partial charge in [-0.2, -0.15) is 0 Å². The minimum Gasteiger partial charge on any atom is -0.497 e. The summed E-state index contributed by atoms with van der Waals surface area (Å²) in [4.78, 5) is 14.8. The second kappa shape index (κ2) is 6.95. The van der Waals surface area contributed by atoms with Gasteiger partial charge in [-0.25, -0.2) is 0 Å². The van der Waals surface area contributed by atoms with Gasteiger partial charge in [0.05, 0.1) is 20.6 Å². The van der Waals surface area contributed by atoms with Crippen LogP contribution in [0.25, 0.3) is 0 Å². The lowest BCUT2D eigenvalue weighted by atomic mass is 9.91. The van der Waals surface area contributed by atoms with Gasteiger partial charge in [0.15, 0.2) is 0 Å². The molecule has 1 aliphatic heterocycles. The molecular weight excluding hydrogens is 302 g/mol. The molecule has 1 amide bonds. The van der Waals surface area contributed by atoms with E-state index >= 15 is 0 Å². The molecule has 0 saturated carbocycles. The largest absolute Gasteiger partial charge is 0.497 e. The number of benzene rings is 2. The number of fused-ring (bicyclic) bond motifs is 1. The third-order valence-corrected chi connectivity index (χ3v) is 4.67. The number of para-hydroxylation sites is 1. The molecule has 0 saturated heterocycles. The van der Waals surface area contributed by atoms with Crippen molar-refractivity contribution in [3.8, 4) is 11.5 Å². The van der Waals surface area contributed by atoms with Gasteiger partial charge in [-0.3, -0.25) is 4.79 Å². The molecule has 0 radical (unpaired) electrons.